The highest BCUT2D eigenvalue weighted by molar-refractivity contribution is 5.98. The molecule has 21 heavy (non-hydrogen) atoms. The quantitative estimate of drug-likeness (QED) is 0.745. The van der Waals surface area contributed by atoms with Crippen LogP contribution in [0.2, 0.25) is 0 Å². The summed E-state index contributed by atoms with van der Waals surface area (Å²) in [5.41, 5.74) is 0.219. The minimum absolute atomic E-state index is 0.292. The molecule has 0 atom stereocenters. The molecule has 1 heterocycles. The van der Waals surface area contributed by atoms with Crippen LogP contribution < -0.4 is 9.64 Å². The first-order chi connectivity index (χ1) is 9.83. The molecule has 0 radical (unpaired) electrons. The van der Waals surface area contributed by atoms with E-state index < -0.39 is 17.7 Å². The largest absolute Gasteiger partial charge is 0.489 e. The van der Waals surface area contributed by atoms with Crippen molar-refractivity contribution in [2.24, 2.45) is 0 Å². The Kier molecular flexibility index (Phi) is 4.06. The zero-order valence-electron chi connectivity index (χ0n) is 12.6. The molecule has 0 bridgehead atoms. The van der Waals surface area contributed by atoms with E-state index in [2.05, 4.69) is 0 Å². The smallest absolute Gasteiger partial charge is 0.415 e. The summed E-state index contributed by atoms with van der Waals surface area (Å²) in [5, 5.41) is 0. The Bertz CT molecular complexity index is 562. The molecular formula is C15H19NO5. The maximum absolute atomic E-state index is 12.3. The number of hydrogen-bond donors (Lipinski definition) is 0. The second kappa shape index (κ2) is 5.63. The molecule has 0 aromatic heterocycles. The van der Waals surface area contributed by atoms with Crippen LogP contribution in [0.5, 0.6) is 5.75 Å². The van der Waals surface area contributed by atoms with E-state index >= 15 is 0 Å². The molecule has 1 amide bonds. The fraction of sp³-hybridized carbons (Fsp3) is 0.467. The maximum atomic E-state index is 12.3. The lowest BCUT2D eigenvalue weighted by molar-refractivity contribution is 0.0554. The number of carbonyl (C=O) groups is 2. The van der Waals surface area contributed by atoms with Crippen molar-refractivity contribution in [2.45, 2.75) is 26.4 Å². The molecule has 1 aromatic rings. The highest BCUT2D eigenvalue weighted by atomic mass is 16.6. The molecular weight excluding hydrogens is 274 g/mol. The van der Waals surface area contributed by atoms with Gasteiger partial charge in [0, 0.05) is 0 Å². The lowest BCUT2D eigenvalue weighted by Gasteiger charge is -2.32. The van der Waals surface area contributed by atoms with Gasteiger partial charge in [-0.3, -0.25) is 4.90 Å². The van der Waals surface area contributed by atoms with E-state index in [-0.39, 0.29) is 0 Å². The highest BCUT2D eigenvalue weighted by Crippen LogP contribution is 2.36. The van der Waals surface area contributed by atoms with Crippen molar-refractivity contribution in [2.75, 3.05) is 25.2 Å². The fourth-order valence-corrected chi connectivity index (χ4v) is 2.03. The molecule has 1 aromatic carbocycles. The van der Waals surface area contributed by atoms with Gasteiger partial charge in [0.05, 0.1) is 19.3 Å². The van der Waals surface area contributed by atoms with Gasteiger partial charge in [-0.2, -0.15) is 0 Å². The van der Waals surface area contributed by atoms with Crippen molar-refractivity contribution in [3.8, 4) is 5.75 Å². The standard InChI is InChI=1S/C15H19NO5/c1-15(2,3)21-14(18)16-8-9-20-12-10(13(17)19-4)6-5-7-11(12)16/h5-7H,8-9H2,1-4H3. The molecule has 1 aliphatic heterocycles. The van der Waals surface area contributed by atoms with Crippen molar-refractivity contribution < 1.29 is 23.8 Å². The number of benzene rings is 1. The molecule has 114 valence electrons. The average molecular weight is 293 g/mol. The lowest BCUT2D eigenvalue weighted by atomic mass is 10.1. The van der Waals surface area contributed by atoms with E-state index in [0.717, 1.165) is 0 Å². The molecule has 0 saturated carbocycles. The third kappa shape index (κ3) is 3.26. The van der Waals surface area contributed by atoms with E-state index in [1.807, 2.05) is 0 Å². The van der Waals surface area contributed by atoms with Gasteiger partial charge in [0.1, 0.15) is 17.8 Å². The summed E-state index contributed by atoms with van der Waals surface area (Å²) >= 11 is 0. The van der Waals surface area contributed by atoms with E-state index in [1.165, 1.54) is 12.0 Å². The highest BCUT2D eigenvalue weighted by Gasteiger charge is 2.30. The van der Waals surface area contributed by atoms with Crippen LogP contribution in [0.3, 0.4) is 0 Å². The molecule has 0 spiro atoms. The minimum atomic E-state index is -0.588. The number of nitrogens with zero attached hydrogens (tertiary/aromatic N) is 1. The number of hydrogen-bond acceptors (Lipinski definition) is 5. The van der Waals surface area contributed by atoms with E-state index in [4.69, 9.17) is 14.2 Å². The van der Waals surface area contributed by atoms with Crippen molar-refractivity contribution >= 4 is 17.7 Å². The van der Waals surface area contributed by atoms with Crippen molar-refractivity contribution in [3.63, 3.8) is 0 Å². The lowest BCUT2D eigenvalue weighted by Crippen LogP contribution is -2.41. The van der Waals surface area contributed by atoms with E-state index in [1.54, 1.807) is 39.0 Å². The van der Waals surface area contributed by atoms with Gasteiger partial charge in [0.2, 0.25) is 0 Å². The number of rotatable bonds is 1. The molecule has 6 heteroatoms. The SMILES string of the molecule is COC(=O)c1cccc2c1OCCN2C(=O)OC(C)(C)C. The van der Waals surface area contributed by atoms with Crippen LogP contribution in [0.15, 0.2) is 18.2 Å². The topological polar surface area (TPSA) is 65.1 Å². The van der Waals surface area contributed by atoms with Gasteiger partial charge < -0.3 is 14.2 Å². The minimum Gasteiger partial charge on any atom is -0.489 e. The van der Waals surface area contributed by atoms with Crippen molar-refractivity contribution in [3.05, 3.63) is 23.8 Å². The Labute approximate surface area is 123 Å². The zero-order chi connectivity index (χ0) is 15.6. The first-order valence-corrected chi connectivity index (χ1v) is 6.68. The molecule has 0 saturated heterocycles. The first kappa shape index (κ1) is 15.2. The Morgan fingerprint density at radius 3 is 2.62 bits per heavy atom. The monoisotopic (exact) mass is 293 g/mol. The number of ether oxygens (including phenoxy) is 3. The van der Waals surface area contributed by atoms with Crippen molar-refractivity contribution in [1.82, 2.24) is 0 Å². The molecule has 1 aliphatic rings. The summed E-state index contributed by atoms with van der Waals surface area (Å²) in [6.45, 7) is 6.07. The summed E-state index contributed by atoms with van der Waals surface area (Å²) in [7, 11) is 1.30. The average Bonchev–Trinajstić information content (AvgIpc) is 2.43. The van der Waals surface area contributed by atoms with Crippen LogP contribution in [0.25, 0.3) is 0 Å². The van der Waals surface area contributed by atoms with Gasteiger partial charge in [-0.25, -0.2) is 9.59 Å². The number of esters is 1. The predicted molar refractivity (Wildman–Crippen MR) is 76.9 cm³/mol. The molecule has 0 unspecified atom stereocenters. The number of para-hydroxylation sites is 1. The third-order valence-corrected chi connectivity index (χ3v) is 2.87. The number of carbonyl (C=O) groups excluding carboxylic acids is 2. The van der Waals surface area contributed by atoms with Crippen LogP contribution in [0.1, 0.15) is 31.1 Å². The van der Waals surface area contributed by atoms with E-state index in [0.29, 0.717) is 30.2 Å². The van der Waals surface area contributed by atoms with Gasteiger partial charge in [-0.05, 0) is 32.9 Å². The Morgan fingerprint density at radius 2 is 2.00 bits per heavy atom. The predicted octanol–water partition coefficient (Wildman–Crippen LogP) is 2.61. The summed E-state index contributed by atoms with van der Waals surface area (Å²) < 4.78 is 15.6. The summed E-state index contributed by atoms with van der Waals surface area (Å²) in [6, 6.07) is 4.99. The maximum Gasteiger partial charge on any atom is 0.415 e. The number of amides is 1. The van der Waals surface area contributed by atoms with Gasteiger partial charge >= 0.3 is 12.1 Å². The number of fused-ring (bicyclic) bond motifs is 1. The third-order valence-electron chi connectivity index (χ3n) is 2.87. The van der Waals surface area contributed by atoms with Gasteiger partial charge in [0.25, 0.3) is 0 Å². The van der Waals surface area contributed by atoms with Gasteiger partial charge in [-0.1, -0.05) is 6.07 Å². The van der Waals surface area contributed by atoms with Crippen LogP contribution in [0.4, 0.5) is 10.5 Å². The van der Waals surface area contributed by atoms with Crippen LogP contribution in [-0.4, -0.2) is 37.9 Å². The van der Waals surface area contributed by atoms with Crippen LogP contribution in [-0.2, 0) is 9.47 Å². The summed E-state index contributed by atoms with van der Waals surface area (Å²) in [5.74, 6) is -0.153. The van der Waals surface area contributed by atoms with E-state index in [9.17, 15) is 9.59 Å². The van der Waals surface area contributed by atoms with Crippen LogP contribution in [0, 0.1) is 0 Å². The molecule has 2 rings (SSSR count). The Hall–Kier alpha value is -2.24. The number of anilines is 1. The number of methoxy groups -OCH3 is 1. The Balaban J connectivity index is 2.36. The molecule has 0 aliphatic carbocycles. The van der Waals surface area contributed by atoms with Gasteiger partial charge in [0.15, 0.2) is 5.75 Å². The second-order valence-corrected chi connectivity index (χ2v) is 5.63. The Morgan fingerprint density at radius 1 is 1.29 bits per heavy atom. The van der Waals surface area contributed by atoms with Gasteiger partial charge in [-0.15, -0.1) is 0 Å². The first-order valence-electron chi connectivity index (χ1n) is 6.68. The molecule has 0 N–H and O–H groups in total. The normalized spacial score (nSPS) is 14.0. The zero-order valence-corrected chi connectivity index (χ0v) is 12.6. The fourth-order valence-electron chi connectivity index (χ4n) is 2.03. The summed E-state index contributed by atoms with van der Waals surface area (Å²) in [6.07, 6.45) is -0.464. The molecule has 6 nitrogen and oxygen atoms in total. The van der Waals surface area contributed by atoms with Crippen LogP contribution >= 0.6 is 0 Å². The summed E-state index contributed by atoms with van der Waals surface area (Å²) in [4.78, 5) is 25.5. The molecule has 0 fully saturated rings. The second-order valence-electron chi connectivity index (χ2n) is 5.63. The van der Waals surface area contributed by atoms with Crippen molar-refractivity contribution in [1.29, 1.82) is 0 Å².